The number of nitrogens with zero attached hydrogens (tertiary/aromatic N) is 1. The molecule has 3 rings (SSSR count). The van der Waals surface area contributed by atoms with Gasteiger partial charge < -0.3 is 5.32 Å². The third-order valence-electron chi connectivity index (χ3n) is 4.37. The summed E-state index contributed by atoms with van der Waals surface area (Å²) in [5, 5.41) is 6.94. The van der Waals surface area contributed by atoms with Gasteiger partial charge >= 0.3 is 0 Å². The molecule has 1 aromatic carbocycles. The van der Waals surface area contributed by atoms with E-state index in [0.29, 0.717) is 5.92 Å². The standard InChI is InChI=1S/C16H20N2S/c1-17-16(15-18-11-12-19-15)10-6-5-9-14(16)13-7-3-2-4-8-13/h2-4,7-8,11-12,14,17H,5-6,9-10H2,1H3. The lowest BCUT2D eigenvalue weighted by Gasteiger charge is -2.43. The molecule has 1 aliphatic rings. The van der Waals surface area contributed by atoms with E-state index in [1.165, 1.54) is 36.3 Å². The number of benzene rings is 1. The Hall–Kier alpha value is -1.19. The van der Waals surface area contributed by atoms with Crippen LogP contribution in [0.4, 0.5) is 0 Å². The van der Waals surface area contributed by atoms with Crippen molar-refractivity contribution >= 4 is 11.3 Å². The lowest BCUT2D eigenvalue weighted by molar-refractivity contribution is 0.208. The van der Waals surface area contributed by atoms with E-state index in [1.54, 1.807) is 11.3 Å². The van der Waals surface area contributed by atoms with Crippen molar-refractivity contribution in [3.05, 3.63) is 52.5 Å². The van der Waals surface area contributed by atoms with Crippen molar-refractivity contribution < 1.29 is 0 Å². The molecule has 0 radical (unpaired) electrons. The quantitative estimate of drug-likeness (QED) is 0.916. The summed E-state index contributed by atoms with van der Waals surface area (Å²) in [6.07, 6.45) is 6.94. The Balaban J connectivity index is 2.05. The molecule has 2 aromatic rings. The third kappa shape index (κ3) is 2.21. The van der Waals surface area contributed by atoms with Crippen LogP contribution in [0.5, 0.6) is 0 Å². The van der Waals surface area contributed by atoms with Crippen LogP contribution in [-0.2, 0) is 5.54 Å². The van der Waals surface area contributed by atoms with Crippen LogP contribution in [0.1, 0.15) is 42.2 Å². The summed E-state index contributed by atoms with van der Waals surface area (Å²) in [6, 6.07) is 10.9. The van der Waals surface area contributed by atoms with Gasteiger partial charge in [-0.1, -0.05) is 43.2 Å². The van der Waals surface area contributed by atoms with Crippen LogP contribution in [0.3, 0.4) is 0 Å². The molecule has 0 amide bonds. The topological polar surface area (TPSA) is 24.9 Å². The molecular formula is C16H20N2S. The van der Waals surface area contributed by atoms with Crippen LogP contribution in [0, 0.1) is 0 Å². The first-order valence-electron chi connectivity index (χ1n) is 7.00. The van der Waals surface area contributed by atoms with Crippen molar-refractivity contribution in [1.29, 1.82) is 0 Å². The Kier molecular flexibility index (Phi) is 3.67. The van der Waals surface area contributed by atoms with E-state index in [0.717, 1.165) is 0 Å². The highest BCUT2D eigenvalue weighted by atomic mass is 32.1. The van der Waals surface area contributed by atoms with Crippen molar-refractivity contribution in [2.45, 2.75) is 37.1 Å². The highest BCUT2D eigenvalue weighted by Crippen LogP contribution is 2.47. The minimum atomic E-state index is 0.0216. The van der Waals surface area contributed by atoms with Crippen molar-refractivity contribution in [3.8, 4) is 0 Å². The summed E-state index contributed by atoms with van der Waals surface area (Å²) in [7, 11) is 2.09. The Morgan fingerprint density at radius 1 is 1.26 bits per heavy atom. The lowest BCUT2D eigenvalue weighted by Crippen LogP contribution is -2.47. The molecular weight excluding hydrogens is 252 g/mol. The predicted octanol–water partition coefficient (Wildman–Crippen LogP) is 3.92. The fourth-order valence-corrected chi connectivity index (χ4v) is 4.34. The number of likely N-dealkylation sites (N-methyl/N-ethyl adjacent to an activating group) is 1. The zero-order valence-electron chi connectivity index (χ0n) is 11.3. The fourth-order valence-electron chi connectivity index (χ4n) is 3.42. The maximum Gasteiger partial charge on any atom is 0.113 e. The summed E-state index contributed by atoms with van der Waals surface area (Å²) in [5.74, 6) is 0.526. The van der Waals surface area contributed by atoms with Gasteiger partial charge in [0, 0.05) is 17.5 Å². The normalized spacial score (nSPS) is 27.3. The highest BCUT2D eigenvalue weighted by molar-refractivity contribution is 7.09. The smallest absolute Gasteiger partial charge is 0.113 e. The van der Waals surface area contributed by atoms with Gasteiger partial charge in [-0.3, -0.25) is 0 Å². The molecule has 1 heterocycles. The number of aromatic nitrogens is 1. The van der Waals surface area contributed by atoms with Crippen LogP contribution >= 0.6 is 11.3 Å². The van der Waals surface area contributed by atoms with E-state index in [1.807, 2.05) is 6.20 Å². The molecule has 0 spiro atoms. The van der Waals surface area contributed by atoms with Crippen molar-refractivity contribution in [2.24, 2.45) is 0 Å². The largest absolute Gasteiger partial charge is 0.308 e. The summed E-state index contributed by atoms with van der Waals surface area (Å²) >= 11 is 1.78. The summed E-state index contributed by atoms with van der Waals surface area (Å²) in [4.78, 5) is 4.61. The SMILES string of the molecule is CNC1(c2nccs2)CCCCC1c1ccccc1. The van der Waals surface area contributed by atoms with Crippen molar-refractivity contribution in [2.75, 3.05) is 7.05 Å². The molecule has 1 aliphatic carbocycles. The van der Waals surface area contributed by atoms with Crippen LogP contribution in [0.15, 0.2) is 41.9 Å². The maximum atomic E-state index is 4.61. The van der Waals surface area contributed by atoms with Crippen molar-refractivity contribution in [1.82, 2.24) is 10.3 Å². The second-order valence-electron chi connectivity index (χ2n) is 5.27. The molecule has 100 valence electrons. The van der Waals surface area contributed by atoms with E-state index >= 15 is 0 Å². The number of nitrogens with one attached hydrogen (secondary N) is 1. The van der Waals surface area contributed by atoms with Gasteiger partial charge in [0.05, 0.1) is 5.54 Å². The fraction of sp³-hybridized carbons (Fsp3) is 0.438. The van der Waals surface area contributed by atoms with Crippen LogP contribution in [-0.4, -0.2) is 12.0 Å². The molecule has 2 nitrogen and oxygen atoms in total. The number of thiazole rings is 1. The van der Waals surface area contributed by atoms with Gasteiger partial charge in [0.25, 0.3) is 0 Å². The second-order valence-corrected chi connectivity index (χ2v) is 6.16. The van der Waals surface area contributed by atoms with Gasteiger partial charge in [-0.15, -0.1) is 11.3 Å². The Bertz CT molecular complexity index is 509. The van der Waals surface area contributed by atoms with Crippen molar-refractivity contribution in [3.63, 3.8) is 0 Å². The molecule has 2 atom stereocenters. The summed E-state index contributed by atoms with van der Waals surface area (Å²) in [6.45, 7) is 0. The first kappa shape index (κ1) is 12.8. The average molecular weight is 272 g/mol. The molecule has 0 bridgehead atoms. The molecule has 1 aromatic heterocycles. The van der Waals surface area contributed by atoms with E-state index < -0.39 is 0 Å². The lowest BCUT2D eigenvalue weighted by atomic mass is 9.70. The first-order valence-corrected chi connectivity index (χ1v) is 7.88. The van der Waals surface area contributed by atoms with Crippen LogP contribution in [0.2, 0.25) is 0 Å². The summed E-state index contributed by atoms with van der Waals surface area (Å²) < 4.78 is 0. The molecule has 1 fully saturated rings. The monoisotopic (exact) mass is 272 g/mol. The highest BCUT2D eigenvalue weighted by Gasteiger charge is 2.43. The number of rotatable bonds is 3. The predicted molar refractivity (Wildman–Crippen MR) is 80.5 cm³/mol. The van der Waals surface area contributed by atoms with Gasteiger partial charge in [0.2, 0.25) is 0 Å². The average Bonchev–Trinajstić information content (AvgIpc) is 3.03. The van der Waals surface area contributed by atoms with Gasteiger partial charge in [-0.05, 0) is 25.5 Å². The Morgan fingerprint density at radius 2 is 2.11 bits per heavy atom. The van der Waals surface area contributed by atoms with Crippen LogP contribution in [0.25, 0.3) is 0 Å². The number of hydrogen-bond acceptors (Lipinski definition) is 3. The second kappa shape index (κ2) is 5.43. The zero-order valence-corrected chi connectivity index (χ0v) is 12.1. The molecule has 2 unspecified atom stereocenters. The minimum Gasteiger partial charge on any atom is -0.308 e. The summed E-state index contributed by atoms with van der Waals surface area (Å²) in [5.41, 5.74) is 1.46. The van der Waals surface area contributed by atoms with Gasteiger partial charge in [-0.25, -0.2) is 4.98 Å². The van der Waals surface area contributed by atoms with E-state index in [4.69, 9.17) is 0 Å². The third-order valence-corrected chi connectivity index (χ3v) is 5.32. The molecule has 1 saturated carbocycles. The maximum absolute atomic E-state index is 4.61. The van der Waals surface area contributed by atoms with Gasteiger partial charge in [0.15, 0.2) is 0 Å². The van der Waals surface area contributed by atoms with Crippen LogP contribution < -0.4 is 5.32 Å². The molecule has 0 aliphatic heterocycles. The van der Waals surface area contributed by atoms with E-state index in [-0.39, 0.29) is 5.54 Å². The number of hydrogen-bond donors (Lipinski definition) is 1. The molecule has 0 saturated heterocycles. The molecule has 19 heavy (non-hydrogen) atoms. The molecule has 1 N–H and O–H groups in total. The van der Waals surface area contributed by atoms with Gasteiger partial charge in [-0.2, -0.15) is 0 Å². The minimum absolute atomic E-state index is 0.0216. The first-order chi connectivity index (χ1) is 9.37. The Morgan fingerprint density at radius 3 is 2.79 bits per heavy atom. The molecule has 3 heteroatoms. The van der Waals surface area contributed by atoms with Gasteiger partial charge in [0.1, 0.15) is 5.01 Å². The Labute approximate surface area is 118 Å². The van der Waals surface area contributed by atoms with E-state index in [2.05, 4.69) is 53.1 Å². The van der Waals surface area contributed by atoms with E-state index in [9.17, 15) is 0 Å². The zero-order chi connectivity index (χ0) is 13.1.